The van der Waals surface area contributed by atoms with Gasteiger partial charge < -0.3 is 14.1 Å². The van der Waals surface area contributed by atoms with Crippen molar-refractivity contribution >= 4 is 24.0 Å². The molecule has 2 aliphatic rings. The fourth-order valence-corrected chi connectivity index (χ4v) is 2.51. The summed E-state index contributed by atoms with van der Waals surface area (Å²) in [5.74, 6) is 0.0803. The summed E-state index contributed by atoms with van der Waals surface area (Å²) in [7, 11) is 0. The van der Waals surface area contributed by atoms with Crippen LogP contribution in [0.1, 0.15) is 12.2 Å². The molecule has 1 aromatic heterocycles. The molecule has 110 valence electrons. The van der Waals surface area contributed by atoms with Crippen molar-refractivity contribution in [2.75, 3.05) is 19.7 Å². The summed E-state index contributed by atoms with van der Waals surface area (Å²) in [5, 5.41) is 0. The van der Waals surface area contributed by atoms with E-state index >= 15 is 0 Å². The number of rotatable bonds is 3. The summed E-state index contributed by atoms with van der Waals surface area (Å²) in [4.78, 5) is 37.8. The van der Waals surface area contributed by atoms with Gasteiger partial charge in [0.15, 0.2) is 6.61 Å². The van der Waals surface area contributed by atoms with Crippen molar-refractivity contribution in [1.82, 2.24) is 9.80 Å². The number of carbonyl (C=O) groups excluding carboxylic acids is 3. The van der Waals surface area contributed by atoms with Gasteiger partial charge >= 0.3 is 6.09 Å². The van der Waals surface area contributed by atoms with Crippen molar-refractivity contribution in [3.05, 3.63) is 30.2 Å². The molecule has 3 heterocycles. The monoisotopic (exact) mass is 290 g/mol. The van der Waals surface area contributed by atoms with Crippen molar-refractivity contribution in [3.63, 3.8) is 0 Å². The minimum atomic E-state index is -0.620. The molecular weight excluding hydrogens is 276 g/mol. The normalized spacial score (nSPS) is 22.4. The number of carbonyl (C=O) groups is 3. The minimum Gasteiger partial charge on any atom is -0.465 e. The molecule has 1 atom stereocenters. The molecule has 0 N–H and O–H groups in total. The van der Waals surface area contributed by atoms with Crippen LogP contribution in [0.15, 0.2) is 28.9 Å². The fraction of sp³-hybridized carbons (Fsp3) is 0.357. The molecule has 21 heavy (non-hydrogen) atoms. The SMILES string of the molecule is O=C(/C=C/c1ccco1)N1CC[C@@H](N2C(=O)COC2=O)C1. The van der Waals surface area contributed by atoms with E-state index in [2.05, 4.69) is 4.74 Å². The van der Waals surface area contributed by atoms with Crippen molar-refractivity contribution in [2.45, 2.75) is 12.5 Å². The number of likely N-dealkylation sites (tertiary alicyclic amines) is 1. The third-order valence-electron chi connectivity index (χ3n) is 3.56. The fourth-order valence-electron chi connectivity index (χ4n) is 2.51. The lowest BCUT2D eigenvalue weighted by molar-refractivity contribution is -0.128. The topological polar surface area (TPSA) is 80.1 Å². The van der Waals surface area contributed by atoms with E-state index in [0.717, 1.165) is 4.90 Å². The van der Waals surface area contributed by atoms with Crippen LogP contribution in [0.25, 0.3) is 6.08 Å². The maximum atomic E-state index is 12.0. The number of ether oxygens (including phenoxy) is 1. The molecule has 0 unspecified atom stereocenters. The van der Waals surface area contributed by atoms with Crippen LogP contribution in [-0.4, -0.2) is 53.4 Å². The summed E-state index contributed by atoms with van der Waals surface area (Å²) in [6, 6.07) is 3.18. The minimum absolute atomic E-state index is 0.172. The molecule has 2 fully saturated rings. The van der Waals surface area contributed by atoms with Gasteiger partial charge in [0.1, 0.15) is 5.76 Å². The highest BCUT2D eigenvalue weighted by molar-refractivity contribution is 5.98. The number of hydrogen-bond donors (Lipinski definition) is 0. The average Bonchev–Trinajstić information content (AvgIpc) is 3.18. The Bertz CT molecular complexity index is 577. The standard InChI is InChI=1S/C14H14N2O5/c17-12(4-3-11-2-1-7-20-11)15-6-5-10(8-15)16-13(18)9-21-14(16)19/h1-4,7,10H,5-6,8-9H2/b4-3+/t10-/m1/s1. The first kappa shape index (κ1) is 13.4. The van der Waals surface area contributed by atoms with Gasteiger partial charge in [0.05, 0.1) is 12.3 Å². The largest absolute Gasteiger partial charge is 0.465 e. The van der Waals surface area contributed by atoms with Gasteiger partial charge in [0.2, 0.25) is 5.91 Å². The first-order valence-electron chi connectivity index (χ1n) is 6.64. The Balaban J connectivity index is 1.60. The van der Waals surface area contributed by atoms with E-state index in [9.17, 15) is 14.4 Å². The third kappa shape index (κ3) is 2.67. The molecule has 7 nitrogen and oxygen atoms in total. The van der Waals surface area contributed by atoms with Gasteiger partial charge in [0, 0.05) is 19.2 Å². The second-order valence-corrected chi connectivity index (χ2v) is 4.89. The Morgan fingerprint density at radius 2 is 2.24 bits per heavy atom. The lowest BCUT2D eigenvalue weighted by atomic mass is 10.2. The lowest BCUT2D eigenvalue weighted by Gasteiger charge is -2.19. The zero-order chi connectivity index (χ0) is 14.8. The summed E-state index contributed by atoms with van der Waals surface area (Å²) < 4.78 is 9.80. The van der Waals surface area contributed by atoms with Crippen LogP contribution in [0.4, 0.5) is 4.79 Å². The predicted octanol–water partition coefficient (Wildman–Crippen LogP) is 0.873. The van der Waals surface area contributed by atoms with Crippen molar-refractivity contribution in [1.29, 1.82) is 0 Å². The van der Waals surface area contributed by atoms with Crippen LogP contribution in [0.3, 0.4) is 0 Å². The highest BCUT2D eigenvalue weighted by Gasteiger charge is 2.40. The van der Waals surface area contributed by atoms with E-state index in [1.54, 1.807) is 23.1 Å². The molecule has 0 radical (unpaired) electrons. The van der Waals surface area contributed by atoms with Crippen molar-refractivity contribution in [2.24, 2.45) is 0 Å². The van der Waals surface area contributed by atoms with Gasteiger partial charge in [-0.2, -0.15) is 0 Å². The van der Waals surface area contributed by atoms with Crippen LogP contribution in [0.5, 0.6) is 0 Å². The molecule has 7 heteroatoms. The molecule has 2 saturated heterocycles. The Kier molecular flexibility index (Phi) is 3.47. The molecule has 2 aliphatic heterocycles. The second kappa shape index (κ2) is 5.43. The third-order valence-corrected chi connectivity index (χ3v) is 3.56. The zero-order valence-electron chi connectivity index (χ0n) is 11.2. The summed E-state index contributed by atoms with van der Waals surface area (Å²) in [5.41, 5.74) is 0. The second-order valence-electron chi connectivity index (χ2n) is 4.89. The Morgan fingerprint density at radius 3 is 2.90 bits per heavy atom. The Hall–Kier alpha value is -2.57. The quantitative estimate of drug-likeness (QED) is 0.772. The molecule has 3 rings (SSSR count). The van der Waals surface area contributed by atoms with Crippen LogP contribution >= 0.6 is 0 Å². The first-order chi connectivity index (χ1) is 10.1. The van der Waals surface area contributed by atoms with E-state index < -0.39 is 6.09 Å². The van der Waals surface area contributed by atoms with Gasteiger partial charge in [-0.3, -0.25) is 9.59 Å². The van der Waals surface area contributed by atoms with E-state index in [-0.39, 0.29) is 24.5 Å². The highest BCUT2D eigenvalue weighted by Crippen LogP contribution is 2.20. The molecular formula is C14H14N2O5. The molecule has 0 saturated carbocycles. The number of hydrogen-bond acceptors (Lipinski definition) is 5. The van der Waals surface area contributed by atoms with Gasteiger partial charge in [-0.15, -0.1) is 0 Å². The van der Waals surface area contributed by atoms with Crippen molar-refractivity contribution in [3.8, 4) is 0 Å². The summed E-state index contributed by atoms with van der Waals surface area (Å²) >= 11 is 0. The Morgan fingerprint density at radius 1 is 1.38 bits per heavy atom. The number of cyclic esters (lactones) is 1. The Labute approximate surface area is 120 Å². The summed E-state index contributed by atoms with van der Waals surface area (Å²) in [6.07, 6.45) is 4.49. The molecule has 0 aliphatic carbocycles. The lowest BCUT2D eigenvalue weighted by Crippen LogP contribution is -2.41. The van der Waals surface area contributed by atoms with Gasteiger partial charge in [-0.25, -0.2) is 9.69 Å². The maximum Gasteiger partial charge on any atom is 0.417 e. The van der Waals surface area contributed by atoms with Gasteiger partial charge in [-0.05, 0) is 24.6 Å². The van der Waals surface area contributed by atoms with Crippen molar-refractivity contribution < 1.29 is 23.5 Å². The molecule has 3 amide bonds. The van der Waals surface area contributed by atoms with Gasteiger partial charge in [0.25, 0.3) is 5.91 Å². The number of imide groups is 1. The molecule has 1 aromatic rings. The first-order valence-corrected chi connectivity index (χ1v) is 6.64. The van der Waals surface area contributed by atoms with Crippen LogP contribution in [0, 0.1) is 0 Å². The predicted molar refractivity (Wildman–Crippen MR) is 70.9 cm³/mol. The molecule has 0 bridgehead atoms. The van der Waals surface area contributed by atoms with Crippen LogP contribution < -0.4 is 0 Å². The average molecular weight is 290 g/mol. The van der Waals surface area contributed by atoms with E-state index in [4.69, 9.17) is 4.42 Å². The number of nitrogens with zero attached hydrogens (tertiary/aromatic N) is 2. The van der Waals surface area contributed by atoms with E-state index in [1.165, 1.54) is 12.3 Å². The van der Waals surface area contributed by atoms with E-state index in [1.807, 2.05) is 0 Å². The van der Waals surface area contributed by atoms with Gasteiger partial charge in [-0.1, -0.05) is 0 Å². The zero-order valence-corrected chi connectivity index (χ0v) is 11.2. The number of furan rings is 1. The number of amides is 3. The smallest absolute Gasteiger partial charge is 0.417 e. The summed E-state index contributed by atoms with van der Waals surface area (Å²) in [6.45, 7) is 0.632. The molecule has 0 spiro atoms. The molecule has 0 aromatic carbocycles. The van der Waals surface area contributed by atoms with Crippen LogP contribution in [-0.2, 0) is 14.3 Å². The van der Waals surface area contributed by atoms with Crippen LogP contribution in [0.2, 0.25) is 0 Å². The highest BCUT2D eigenvalue weighted by atomic mass is 16.6. The maximum absolute atomic E-state index is 12.0. The van der Waals surface area contributed by atoms with E-state index in [0.29, 0.717) is 25.3 Å².